The minimum absolute atomic E-state index is 0.375. The molecule has 0 aromatic carbocycles. The maximum atomic E-state index is 8.70. The zero-order chi connectivity index (χ0) is 10.6. The van der Waals surface area contributed by atoms with Gasteiger partial charge in [0.1, 0.15) is 6.61 Å². The molecule has 0 aromatic rings. The molecule has 0 bridgehead atoms. The van der Waals surface area contributed by atoms with E-state index < -0.39 is 16.5 Å². The van der Waals surface area contributed by atoms with Crippen molar-refractivity contribution in [1.29, 1.82) is 5.26 Å². The average Bonchev–Trinajstić information content (AvgIpc) is 1.85. The Morgan fingerprint density at radius 3 is 1.17 bits per heavy atom. The predicted molar refractivity (Wildman–Crippen MR) is 36.8 cm³/mol. The van der Waals surface area contributed by atoms with Crippen molar-refractivity contribution in [1.82, 2.24) is 0 Å². The smallest absolute Gasteiger partial charge is 0.381 e. The van der Waals surface area contributed by atoms with Crippen LogP contribution in [0.3, 0.4) is 0 Å². The van der Waals surface area contributed by atoms with E-state index in [9.17, 15) is 0 Å². The molecule has 0 radical (unpaired) electrons. The van der Waals surface area contributed by atoms with Gasteiger partial charge in [0.05, 0.1) is 6.07 Å². The summed E-state index contributed by atoms with van der Waals surface area (Å²) in [4.78, 5) is 28.5. The Morgan fingerprint density at radius 1 is 1.08 bits per heavy atom. The van der Waals surface area contributed by atoms with Gasteiger partial charge in [-0.25, -0.2) is 0 Å². The number of nitrogens with zero attached hydrogens (tertiary/aromatic N) is 1. The fourth-order valence-electron chi connectivity index (χ4n) is 0. The number of hydrogen-bond acceptors (Lipinski definition) is 4. The molecule has 0 atom stereocenters. The molecule has 0 fully saturated rings. The Balaban J connectivity index is -0.000000101. The summed E-state index contributed by atoms with van der Waals surface area (Å²) in [7, 11) is -5.74. The largest absolute Gasteiger partial charge is 0.692 e. The Hall–Kier alpha value is -0.510. The second-order valence-corrected chi connectivity index (χ2v) is 1.83. The van der Waals surface area contributed by atoms with Crippen LogP contribution < -0.4 is 0 Å². The summed E-state index contributed by atoms with van der Waals surface area (Å²) in [6.07, 6.45) is 0. The van der Waals surface area contributed by atoms with Gasteiger partial charge >= 0.3 is 16.5 Å². The second kappa shape index (κ2) is 16.8. The molecule has 0 amide bonds. The van der Waals surface area contributed by atoms with Crippen molar-refractivity contribution in [3.05, 3.63) is 0 Å². The zero-order valence-corrected chi connectivity index (χ0v) is 7.39. The van der Waals surface area contributed by atoms with Crippen molar-refractivity contribution in [2.24, 2.45) is 0 Å². The topological polar surface area (TPSA) is 159 Å². The summed E-state index contributed by atoms with van der Waals surface area (Å²) in [5.74, 6) is 0. The Labute approximate surface area is 69.2 Å². The van der Waals surface area contributed by atoms with Crippen molar-refractivity contribution in [2.45, 2.75) is 0 Å². The fourth-order valence-corrected chi connectivity index (χ4v) is 0. The molecule has 70 valence electrons. The lowest BCUT2D eigenvalue weighted by molar-refractivity contribution is 0.348. The van der Waals surface area contributed by atoms with Gasteiger partial charge in [0.25, 0.3) is 0 Å². The van der Waals surface area contributed by atoms with Crippen LogP contribution in [0.2, 0.25) is 0 Å². The second-order valence-electron chi connectivity index (χ2n) is 0.822. The molecule has 0 heterocycles. The first kappa shape index (κ1) is 17.5. The molecule has 0 spiro atoms. The molecule has 0 saturated heterocycles. The highest BCUT2D eigenvalue weighted by atomic mass is 31.1. The van der Waals surface area contributed by atoms with Crippen molar-refractivity contribution >= 4 is 16.5 Å². The van der Waals surface area contributed by atoms with Gasteiger partial charge in [-0.05, 0) is 0 Å². The number of nitriles is 1. The summed E-state index contributed by atoms with van der Waals surface area (Å²) < 4.78 is 17.4. The van der Waals surface area contributed by atoms with Gasteiger partial charge in [-0.3, -0.25) is 0 Å². The lowest BCUT2D eigenvalue weighted by atomic mass is 10.9. The van der Waals surface area contributed by atoms with Crippen LogP contribution in [0.1, 0.15) is 0 Å². The van der Waals surface area contributed by atoms with Gasteiger partial charge in [-0.15, -0.1) is 19.6 Å². The van der Waals surface area contributed by atoms with E-state index in [0.29, 0.717) is 0 Å². The lowest BCUT2D eigenvalue weighted by Crippen LogP contribution is -1.64. The van der Waals surface area contributed by atoms with Crippen LogP contribution in [0, 0.1) is 11.3 Å². The van der Waals surface area contributed by atoms with Crippen LogP contribution in [-0.2, 0) is 9.13 Å². The van der Waals surface area contributed by atoms with Crippen LogP contribution >= 0.6 is 16.5 Å². The third-order valence-corrected chi connectivity index (χ3v) is 0.0707. The highest BCUT2D eigenvalue weighted by molar-refractivity contribution is 7.31. The van der Waals surface area contributed by atoms with Gasteiger partial charge in [0.15, 0.2) is 0 Å². The number of rotatable bonds is 0. The van der Waals surface area contributed by atoms with E-state index in [-0.39, 0.29) is 6.61 Å². The molecule has 5 N–H and O–H groups in total. The molecular formula is C2H7NO7P2+2. The van der Waals surface area contributed by atoms with Crippen molar-refractivity contribution in [2.75, 3.05) is 6.61 Å². The van der Waals surface area contributed by atoms with E-state index in [1.54, 1.807) is 0 Å². The van der Waals surface area contributed by atoms with Crippen LogP contribution in [0.15, 0.2) is 0 Å². The Bertz CT molecular complexity index is 143. The molecular weight excluding hydrogens is 212 g/mol. The van der Waals surface area contributed by atoms with Gasteiger partial charge < -0.3 is 5.11 Å². The maximum Gasteiger partial charge on any atom is 0.692 e. The first-order chi connectivity index (χ1) is 5.38. The van der Waals surface area contributed by atoms with Gasteiger partial charge in [-0.1, -0.05) is 0 Å². The van der Waals surface area contributed by atoms with Crippen molar-refractivity contribution in [3.8, 4) is 6.07 Å². The van der Waals surface area contributed by atoms with E-state index in [4.69, 9.17) is 39.1 Å². The fraction of sp³-hybridized carbons (Fsp3) is 0.500. The van der Waals surface area contributed by atoms with Gasteiger partial charge in [0, 0.05) is 9.13 Å². The van der Waals surface area contributed by atoms with Gasteiger partial charge in [-0.2, -0.15) is 5.26 Å². The minimum atomic E-state index is -2.87. The van der Waals surface area contributed by atoms with Crippen molar-refractivity contribution < 1.29 is 33.8 Å². The predicted octanol–water partition coefficient (Wildman–Crippen LogP) is -1.24. The van der Waals surface area contributed by atoms with Crippen LogP contribution in [0.5, 0.6) is 0 Å². The monoisotopic (exact) mass is 219 g/mol. The maximum absolute atomic E-state index is 8.70. The third-order valence-electron chi connectivity index (χ3n) is 0.0707. The van der Waals surface area contributed by atoms with Crippen LogP contribution in [0.25, 0.3) is 0 Å². The number of aliphatic hydroxyl groups is 1. The quantitative estimate of drug-likeness (QED) is 0.249. The Kier molecular flexibility index (Phi) is 24.6. The highest BCUT2D eigenvalue weighted by Gasteiger charge is 1.93. The molecule has 0 aliphatic carbocycles. The normalized spacial score (nSPS) is 6.00. The molecule has 0 aromatic heterocycles. The van der Waals surface area contributed by atoms with Gasteiger partial charge in [0.2, 0.25) is 0 Å². The average molecular weight is 219 g/mol. The van der Waals surface area contributed by atoms with Crippen LogP contribution in [0.4, 0.5) is 0 Å². The first-order valence-electron chi connectivity index (χ1n) is 2.06. The first-order valence-corrected chi connectivity index (χ1v) is 4.39. The summed E-state index contributed by atoms with van der Waals surface area (Å²) in [6, 6.07) is 1.49. The summed E-state index contributed by atoms with van der Waals surface area (Å²) in [6.45, 7) is -0.375. The number of aliphatic hydroxyl groups excluding tert-OH is 1. The molecule has 10 heteroatoms. The van der Waals surface area contributed by atoms with E-state index in [1.807, 2.05) is 0 Å². The van der Waals surface area contributed by atoms with E-state index in [2.05, 4.69) is 0 Å². The summed E-state index contributed by atoms with van der Waals surface area (Å²) in [5.41, 5.74) is 0. The molecule has 0 saturated carbocycles. The number of hydrogen-bond donors (Lipinski definition) is 5. The molecule has 8 nitrogen and oxygen atoms in total. The summed E-state index contributed by atoms with van der Waals surface area (Å²) in [5, 5.41) is 14.9. The Morgan fingerprint density at radius 2 is 1.17 bits per heavy atom. The molecule has 0 rings (SSSR count). The summed E-state index contributed by atoms with van der Waals surface area (Å²) >= 11 is 0. The van der Waals surface area contributed by atoms with E-state index in [1.165, 1.54) is 6.07 Å². The van der Waals surface area contributed by atoms with Crippen molar-refractivity contribution in [3.63, 3.8) is 0 Å². The van der Waals surface area contributed by atoms with E-state index in [0.717, 1.165) is 0 Å². The van der Waals surface area contributed by atoms with Crippen LogP contribution in [-0.4, -0.2) is 31.3 Å². The zero-order valence-electron chi connectivity index (χ0n) is 5.60. The third kappa shape index (κ3) is 2850. The van der Waals surface area contributed by atoms with E-state index >= 15 is 0 Å². The highest BCUT2D eigenvalue weighted by Crippen LogP contribution is 1.98. The standard InChI is InChI=1S/C2H3NO.2HO3P/c3-1-2-4;2*1-4(2)3/h4H,2H2;2*(H-,1,2,3)/p+2. The molecule has 0 aliphatic heterocycles. The molecule has 0 aliphatic rings. The molecule has 0 unspecified atom stereocenters. The SMILES string of the molecule is N#CCO.O=[P+](O)O.O=[P+](O)O. The minimum Gasteiger partial charge on any atom is -0.381 e. The molecule has 12 heavy (non-hydrogen) atoms. The lowest BCUT2D eigenvalue weighted by Gasteiger charge is -1.50.